The molecule has 16 heavy (non-hydrogen) atoms. The molecule has 0 saturated heterocycles. The van der Waals surface area contributed by atoms with Crippen LogP contribution < -0.4 is 5.32 Å². The average Bonchev–Trinajstić information content (AvgIpc) is 3.10. The van der Waals surface area contributed by atoms with Gasteiger partial charge in [0.05, 0.1) is 0 Å². The maximum Gasteiger partial charge on any atom is 0.131 e. The minimum Gasteiger partial charge on any atom is -0.370 e. The summed E-state index contributed by atoms with van der Waals surface area (Å²) in [5.41, 5.74) is 1.25. The highest BCUT2D eigenvalue weighted by molar-refractivity contribution is 5.38. The smallest absolute Gasteiger partial charge is 0.131 e. The summed E-state index contributed by atoms with van der Waals surface area (Å²) in [6.07, 6.45) is 5.99. The molecule has 3 heteroatoms. The van der Waals surface area contributed by atoms with Gasteiger partial charge >= 0.3 is 0 Å². The zero-order valence-corrected chi connectivity index (χ0v) is 10.3. The van der Waals surface area contributed by atoms with Gasteiger partial charge in [0, 0.05) is 30.6 Å². The second kappa shape index (κ2) is 5.28. The van der Waals surface area contributed by atoms with Crippen molar-refractivity contribution < 1.29 is 0 Å². The molecule has 1 aliphatic carbocycles. The van der Waals surface area contributed by atoms with E-state index in [0.717, 1.165) is 24.6 Å². The molecule has 0 aromatic carbocycles. The van der Waals surface area contributed by atoms with Gasteiger partial charge in [-0.15, -0.1) is 0 Å². The Morgan fingerprint density at radius 3 is 2.75 bits per heavy atom. The predicted molar refractivity (Wildman–Crippen MR) is 66.8 cm³/mol. The minimum atomic E-state index is 0.709. The molecule has 0 unspecified atom stereocenters. The van der Waals surface area contributed by atoms with Gasteiger partial charge in [0.1, 0.15) is 11.6 Å². The van der Waals surface area contributed by atoms with Gasteiger partial charge in [-0.1, -0.05) is 13.3 Å². The number of aryl methyl sites for hydroxylation is 1. The lowest BCUT2D eigenvalue weighted by Gasteiger charge is -2.08. The molecule has 0 radical (unpaired) electrons. The summed E-state index contributed by atoms with van der Waals surface area (Å²) < 4.78 is 0. The van der Waals surface area contributed by atoms with Crippen LogP contribution in [0.4, 0.5) is 5.82 Å². The number of hydrogen-bond acceptors (Lipinski definition) is 3. The topological polar surface area (TPSA) is 37.8 Å². The summed E-state index contributed by atoms with van der Waals surface area (Å²) in [5, 5.41) is 3.30. The zero-order chi connectivity index (χ0) is 11.4. The Morgan fingerprint density at radius 1 is 1.31 bits per heavy atom. The Bertz CT molecular complexity index is 345. The van der Waals surface area contributed by atoms with Crippen molar-refractivity contribution in [2.24, 2.45) is 0 Å². The van der Waals surface area contributed by atoms with Gasteiger partial charge in [0.25, 0.3) is 0 Å². The number of nitrogens with one attached hydrogen (secondary N) is 1. The molecule has 1 aromatic heterocycles. The molecular formula is C13H21N3. The molecule has 1 fully saturated rings. The van der Waals surface area contributed by atoms with Crippen molar-refractivity contribution in [2.75, 3.05) is 11.9 Å². The highest BCUT2D eigenvalue weighted by atomic mass is 15.0. The monoisotopic (exact) mass is 219 g/mol. The molecule has 1 saturated carbocycles. The van der Waals surface area contributed by atoms with E-state index < -0.39 is 0 Å². The summed E-state index contributed by atoms with van der Waals surface area (Å²) in [4.78, 5) is 9.21. The third kappa shape index (κ3) is 2.94. The maximum absolute atomic E-state index is 4.66. The Morgan fingerprint density at radius 2 is 2.12 bits per heavy atom. The van der Waals surface area contributed by atoms with Gasteiger partial charge in [0.15, 0.2) is 0 Å². The standard InChI is InChI=1S/C13H21N3/c1-3-5-6-12-15-11(10-7-8-10)9-13(16-12)14-4-2/h9-10H,3-8H2,1-2H3,(H,14,15,16). The number of nitrogens with zero attached hydrogens (tertiary/aromatic N) is 2. The van der Waals surface area contributed by atoms with Gasteiger partial charge in [-0.05, 0) is 26.2 Å². The molecule has 0 spiro atoms. The van der Waals surface area contributed by atoms with Gasteiger partial charge in [0.2, 0.25) is 0 Å². The van der Waals surface area contributed by atoms with Crippen molar-refractivity contribution in [3.05, 3.63) is 17.6 Å². The van der Waals surface area contributed by atoms with Crippen molar-refractivity contribution in [1.29, 1.82) is 0 Å². The third-order valence-corrected chi connectivity index (χ3v) is 2.90. The Labute approximate surface area is 97.7 Å². The van der Waals surface area contributed by atoms with Crippen LogP contribution in [0.15, 0.2) is 6.07 Å². The van der Waals surface area contributed by atoms with E-state index in [4.69, 9.17) is 0 Å². The first-order valence-corrected chi connectivity index (χ1v) is 6.45. The summed E-state index contributed by atoms with van der Waals surface area (Å²) >= 11 is 0. The molecule has 1 N–H and O–H groups in total. The van der Waals surface area contributed by atoms with Crippen LogP contribution in [0.1, 0.15) is 57.0 Å². The lowest BCUT2D eigenvalue weighted by atomic mass is 10.2. The van der Waals surface area contributed by atoms with E-state index >= 15 is 0 Å². The van der Waals surface area contributed by atoms with Crippen molar-refractivity contribution in [2.45, 2.75) is 51.9 Å². The van der Waals surface area contributed by atoms with Gasteiger partial charge < -0.3 is 5.32 Å². The lowest BCUT2D eigenvalue weighted by Crippen LogP contribution is -2.05. The average molecular weight is 219 g/mol. The SMILES string of the molecule is CCCCc1nc(NCC)cc(C2CC2)n1. The van der Waals surface area contributed by atoms with Crippen LogP contribution in [0.5, 0.6) is 0 Å². The number of anilines is 1. The largest absolute Gasteiger partial charge is 0.370 e. The van der Waals surface area contributed by atoms with Crippen LogP contribution in [0, 0.1) is 0 Å². The molecule has 0 bridgehead atoms. The second-order valence-corrected chi connectivity index (χ2v) is 4.50. The molecule has 1 aliphatic rings. The molecule has 1 heterocycles. The second-order valence-electron chi connectivity index (χ2n) is 4.50. The molecule has 0 atom stereocenters. The quantitative estimate of drug-likeness (QED) is 0.798. The van der Waals surface area contributed by atoms with E-state index in [9.17, 15) is 0 Å². The van der Waals surface area contributed by atoms with Crippen molar-refractivity contribution >= 4 is 5.82 Å². The fraction of sp³-hybridized carbons (Fsp3) is 0.692. The first-order valence-electron chi connectivity index (χ1n) is 6.45. The van der Waals surface area contributed by atoms with Gasteiger partial charge in [-0.2, -0.15) is 0 Å². The fourth-order valence-corrected chi connectivity index (χ4v) is 1.82. The minimum absolute atomic E-state index is 0.709. The number of unbranched alkanes of at least 4 members (excludes halogenated alkanes) is 1. The number of hydrogen-bond donors (Lipinski definition) is 1. The van der Waals surface area contributed by atoms with Crippen LogP contribution in [0.3, 0.4) is 0 Å². The molecule has 3 nitrogen and oxygen atoms in total. The molecule has 1 aromatic rings. The molecule has 0 amide bonds. The summed E-state index contributed by atoms with van der Waals surface area (Å²) in [6, 6.07) is 2.12. The van der Waals surface area contributed by atoms with E-state index in [1.54, 1.807) is 0 Å². The number of rotatable bonds is 6. The van der Waals surface area contributed by atoms with E-state index in [1.165, 1.54) is 31.4 Å². The first-order chi connectivity index (χ1) is 7.83. The Balaban J connectivity index is 2.14. The van der Waals surface area contributed by atoms with E-state index in [-0.39, 0.29) is 0 Å². The molecule has 0 aliphatic heterocycles. The van der Waals surface area contributed by atoms with E-state index in [2.05, 4.69) is 35.2 Å². The highest BCUT2D eigenvalue weighted by Crippen LogP contribution is 2.39. The van der Waals surface area contributed by atoms with Crippen LogP contribution in [0.2, 0.25) is 0 Å². The first kappa shape index (κ1) is 11.4. The van der Waals surface area contributed by atoms with Crippen molar-refractivity contribution in [3.8, 4) is 0 Å². The molecule has 88 valence electrons. The summed E-state index contributed by atoms with van der Waals surface area (Å²) in [6.45, 7) is 5.23. The fourth-order valence-electron chi connectivity index (χ4n) is 1.82. The third-order valence-electron chi connectivity index (χ3n) is 2.90. The highest BCUT2D eigenvalue weighted by Gasteiger charge is 2.25. The Hall–Kier alpha value is -1.12. The van der Waals surface area contributed by atoms with Gasteiger partial charge in [-0.25, -0.2) is 9.97 Å². The maximum atomic E-state index is 4.66. The van der Waals surface area contributed by atoms with Crippen LogP contribution in [-0.2, 0) is 6.42 Å². The zero-order valence-electron chi connectivity index (χ0n) is 10.3. The molecular weight excluding hydrogens is 198 g/mol. The summed E-state index contributed by atoms with van der Waals surface area (Å²) in [5.74, 6) is 2.73. The summed E-state index contributed by atoms with van der Waals surface area (Å²) in [7, 11) is 0. The van der Waals surface area contributed by atoms with Gasteiger partial charge in [-0.3, -0.25) is 0 Å². The Kier molecular flexibility index (Phi) is 3.75. The number of aromatic nitrogens is 2. The normalized spacial score (nSPS) is 15.1. The lowest BCUT2D eigenvalue weighted by molar-refractivity contribution is 0.743. The van der Waals surface area contributed by atoms with E-state index in [1.807, 2.05) is 0 Å². The predicted octanol–water partition coefficient (Wildman–Crippen LogP) is 3.13. The van der Waals surface area contributed by atoms with Crippen LogP contribution >= 0.6 is 0 Å². The van der Waals surface area contributed by atoms with E-state index in [0.29, 0.717) is 5.92 Å². The van der Waals surface area contributed by atoms with Crippen molar-refractivity contribution in [3.63, 3.8) is 0 Å². The van der Waals surface area contributed by atoms with Crippen molar-refractivity contribution in [1.82, 2.24) is 9.97 Å². The van der Waals surface area contributed by atoms with Crippen LogP contribution in [0.25, 0.3) is 0 Å². The molecule has 2 rings (SSSR count). The van der Waals surface area contributed by atoms with Crippen LogP contribution in [-0.4, -0.2) is 16.5 Å².